The molecule has 0 aliphatic carbocycles. The largest absolute Gasteiger partial charge is 0.478 e. The van der Waals surface area contributed by atoms with Gasteiger partial charge in [0.2, 0.25) is 6.39 Å². The van der Waals surface area contributed by atoms with Crippen LogP contribution < -0.4 is 0 Å². The van der Waals surface area contributed by atoms with Gasteiger partial charge in [0.1, 0.15) is 0 Å². The molecule has 0 radical (unpaired) electrons. The summed E-state index contributed by atoms with van der Waals surface area (Å²) in [4.78, 5) is 14.4. The Morgan fingerprint density at radius 3 is 2.61 bits per heavy atom. The number of carboxylic acid groups (broad SMARTS) is 1. The number of halogens is 3. The summed E-state index contributed by atoms with van der Waals surface area (Å²) in [6, 6.07) is 0. The normalized spacial score (nSPS) is 11.7. The second kappa shape index (κ2) is 4.17. The smallest absolute Gasteiger partial charge is 0.418 e. The van der Waals surface area contributed by atoms with E-state index in [0.717, 1.165) is 17.2 Å². The summed E-state index contributed by atoms with van der Waals surface area (Å²) in [5, 5.41) is 12.1. The van der Waals surface area contributed by atoms with Gasteiger partial charge in [0.15, 0.2) is 5.82 Å². The summed E-state index contributed by atoms with van der Waals surface area (Å²) in [6.45, 7) is -0.104. The Hall–Kier alpha value is -2.32. The molecule has 0 amide bonds. The van der Waals surface area contributed by atoms with Crippen molar-refractivity contribution < 1.29 is 27.6 Å². The van der Waals surface area contributed by atoms with Gasteiger partial charge in [-0.15, -0.1) is 0 Å². The fraction of sp³-hybridized carbons (Fsp3) is 0.222. The molecule has 2 rings (SSSR count). The van der Waals surface area contributed by atoms with E-state index in [2.05, 4.69) is 14.7 Å². The van der Waals surface area contributed by atoms with Gasteiger partial charge < -0.3 is 14.2 Å². The maximum Gasteiger partial charge on any atom is 0.418 e. The molecule has 0 aliphatic rings. The van der Waals surface area contributed by atoms with E-state index in [0.29, 0.717) is 6.20 Å². The lowest BCUT2D eigenvalue weighted by Crippen LogP contribution is -2.09. The van der Waals surface area contributed by atoms with E-state index in [1.54, 1.807) is 0 Å². The number of nitrogens with zero attached hydrogens (tertiary/aromatic N) is 3. The Morgan fingerprint density at radius 2 is 2.17 bits per heavy atom. The fourth-order valence-corrected chi connectivity index (χ4v) is 1.42. The summed E-state index contributed by atoms with van der Waals surface area (Å²) in [5.41, 5.74) is -2.02. The van der Waals surface area contributed by atoms with E-state index in [9.17, 15) is 18.0 Å². The summed E-state index contributed by atoms with van der Waals surface area (Å²) in [6.07, 6.45) is -2.13. The van der Waals surface area contributed by atoms with E-state index in [1.807, 2.05) is 0 Å². The van der Waals surface area contributed by atoms with Crippen molar-refractivity contribution in [1.82, 2.24) is 14.7 Å². The van der Waals surface area contributed by atoms with E-state index < -0.39 is 23.3 Å². The molecule has 0 aliphatic heterocycles. The summed E-state index contributed by atoms with van der Waals surface area (Å²) < 4.78 is 43.2. The predicted octanol–water partition coefficient (Wildman–Crippen LogP) is 1.64. The average molecular weight is 261 g/mol. The molecule has 1 N–H and O–H groups in total. The molecule has 2 aromatic rings. The maximum atomic E-state index is 12.6. The van der Waals surface area contributed by atoms with Crippen molar-refractivity contribution in [3.8, 4) is 0 Å². The van der Waals surface area contributed by atoms with Gasteiger partial charge in [0.25, 0.3) is 0 Å². The number of alkyl halides is 3. The Morgan fingerprint density at radius 1 is 1.44 bits per heavy atom. The van der Waals surface area contributed by atoms with Crippen molar-refractivity contribution in [2.24, 2.45) is 0 Å². The molecule has 96 valence electrons. The lowest BCUT2D eigenvalue weighted by molar-refractivity contribution is -0.138. The zero-order chi connectivity index (χ0) is 13.3. The molecule has 0 fully saturated rings. The molecule has 0 bridgehead atoms. The molecule has 9 heteroatoms. The van der Waals surface area contributed by atoms with Gasteiger partial charge in [-0.25, -0.2) is 4.79 Å². The molecule has 0 aromatic carbocycles. The third-order valence-electron chi connectivity index (χ3n) is 2.15. The molecular formula is C9H6F3N3O3. The lowest BCUT2D eigenvalue weighted by Gasteiger charge is -2.04. The van der Waals surface area contributed by atoms with Crippen molar-refractivity contribution in [3.63, 3.8) is 0 Å². The zero-order valence-corrected chi connectivity index (χ0v) is 8.68. The Balaban J connectivity index is 2.37. The molecule has 2 aromatic heterocycles. The van der Waals surface area contributed by atoms with Gasteiger partial charge in [-0.1, -0.05) is 5.16 Å². The van der Waals surface area contributed by atoms with Gasteiger partial charge in [-0.3, -0.25) is 0 Å². The third kappa shape index (κ3) is 2.34. The molecule has 0 spiro atoms. The van der Waals surface area contributed by atoms with Crippen LogP contribution in [0, 0.1) is 0 Å². The highest BCUT2D eigenvalue weighted by atomic mass is 19.4. The maximum absolute atomic E-state index is 12.6. The standard InChI is InChI=1S/C9H6F3N3O3/c10-9(11,12)6-2-15(1-5(6)8(16)17)3-7-13-4-18-14-7/h1-2,4H,3H2,(H,16,17). The van der Waals surface area contributed by atoms with Crippen molar-refractivity contribution in [3.05, 3.63) is 35.7 Å². The first kappa shape index (κ1) is 12.1. The molecule has 18 heavy (non-hydrogen) atoms. The SMILES string of the molecule is O=C(O)c1cn(Cc2ncon2)cc1C(F)(F)F. The number of carbonyl (C=O) groups is 1. The third-order valence-corrected chi connectivity index (χ3v) is 2.15. The van der Waals surface area contributed by atoms with E-state index in [-0.39, 0.29) is 12.4 Å². The monoisotopic (exact) mass is 261 g/mol. The van der Waals surface area contributed by atoms with Gasteiger partial charge in [-0.05, 0) is 0 Å². The topological polar surface area (TPSA) is 81.1 Å². The van der Waals surface area contributed by atoms with Crippen LogP contribution in [-0.4, -0.2) is 25.8 Å². The molecule has 0 saturated heterocycles. The van der Waals surface area contributed by atoms with Crippen molar-refractivity contribution >= 4 is 5.97 Å². The first-order valence-corrected chi connectivity index (χ1v) is 4.63. The zero-order valence-electron chi connectivity index (χ0n) is 8.68. The van der Waals surface area contributed by atoms with Crippen molar-refractivity contribution in [2.45, 2.75) is 12.7 Å². The molecule has 0 unspecified atom stereocenters. The van der Waals surface area contributed by atoms with Crippen molar-refractivity contribution in [2.75, 3.05) is 0 Å². The van der Waals surface area contributed by atoms with Gasteiger partial charge in [-0.2, -0.15) is 18.2 Å². The second-order valence-corrected chi connectivity index (χ2v) is 3.41. The van der Waals surface area contributed by atoms with E-state index in [1.165, 1.54) is 0 Å². The first-order valence-electron chi connectivity index (χ1n) is 4.63. The minimum absolute atomic E-state index is 0.104. The van der Waals surface area contributed by atoms with Gasteiger partial charge in [0.05, 0.1) is 17.7 Å². The second-order valence-electron chi connectivity index (χ2n) is 3.41. The number of aromatic carboxylic acids is 1. The van der Waals surface area contributed by atoms with Crippen LogP contribution in [-0.2, 0) is 12.7 Å². The average Bonchev–Trinajstić information content (AvgIpc) is 2.85. The minimum Gasteiger partial charge on any atom is -0.478 e. The van der Waals surface area contributed by atoms with Crippen LogP contribution in [0.5, 0.6) is 0 Å². The highest BCUT2D eigenvalue weighted by Crippen LogP contribution is 2.32. The highest BCUT2D eigenvalue weighted by Gasteiger charge is 2.37. The number of carboxylic acids is 1. The molecule has 2 heterocycles. The van der Waals surface area contributed by atoms with E-state index >= 15 is 0 Å². The van der Waals surface area contributed by atoms with Crippen LogP contribution >= 0.6 is 0 Å². The number of rotatable bonds is 3. The molecule has 0 saturated carbocycles. The summed E-state index contributed by atoms with van der Waals surface area (Å²) in [5.74, 6) is -1.50. The number of hydrogen-bond acceptors (Lipinski definition) is 4. The minimum atomic E-state index is -4.73. The van der Waals surface area contributed by atoms with Crippen LogP contribution in [0.1, 0.15) is 21.7 Å². The van der Waals surface area contributed by atoms with Crippen molar-refractivity contribution in [1.29, 1.82) is 0 Å². The number of aromatic nitrogens is 3. The Bertz CT molecular complexity index is 559. The lowest BCUT2D eigenvalue weighted by atomic mass is 10.2. The van der Waals surface area contributed by atoms with E-state index in [4.69, 9.17) is 5.11 Å². The Labute approximate surface area is 97.6 Å². The number of hydrogen-bond donors (Lipinski definition) is 1. The van der Waals surface area contributed by atoms with Crippen LogP contribution in [0.25, 0.3) is 0 Å². The quantitative estimate of drug-likeness (QED) is 0.908. The summed E-state index contributed by atoms with van der Waals surface area (Å²) in [7, 11) is 0. The van der Waals surface area contributed by atoms with Gasteiger partial charge in [0, 0.05) is 12.4 Å². The van der Waals surface area contributed by atoms with Crippen LogP contribution in [0.3, 0.4) is 0 Å². The first-order chi connectivity index (χ1) is 8.38. The highest BCUT2D eigenvalue weighted by molar-refractivity contribution is 5.89. The fourth-order valence-electron chi connectivity index (χ4n) is 1.42. The molecular weight excluding hydrogens is 255 g/mol. The predicted molar refractivity (Wildman–Crippen MR) is 49.8 cm³/mol. The Kier molecular flexibility index (Phi) is 2.81. The van der Waals surface area contributed by atoms with Crippen LogP contribution in [0.2, 0.25) is 0 Å². The van der Waals surface area contributed by atoms with Gasteiger partial charge >= 0.3 is 12.1 Å². The molecule has 0 atom stereocenters. The molecule has 6 nitrogen and oxygen atoms in total. The van der Waals surface area contributed by atoms with Crippen LogP contribution in [0.4, 0.5) is 13.2 Å². The summed E-state index contributed by atoms with van der Waals surface area (Å²) >= 11 is 0. The van der Waals surface area contributed by atoms with Crippen LogP contribution in [0.15, 0.2) is 23.3 Å².